The fraction of sp³-hybridized carbons (Fsp3) is 0.273. The van der Waals surface area contributed by atoms with E-state index < -0.39 is 5.97 Å². The van der Waals surface area contributed by atoms with E-state index in [2.05, 4.69) is 0 Å². The zero-order chi connectivity index (χ0) is 11.3. The van der Waals surface area contributed by atoms with Gasteiger partial charge in [-0.25, -0.2) is 4.79 Å². The number of esters is 1. The third kappa shape index (κ3) is 3.09. The van der Waals surface area contributed by atoms with Crippen LogP contribution >= 0.6 is 0 Å². The quantitative estimate of drug-likeness (QED) is 0.431. The van der Waals surface area contributed by atoms with Crippen LogP contribution in [0.3, 0.4) is 0 Å². The summed E-state index contributed by atoms with van der Waals surface area (Å²) in [6, 6.07) is 3.13. The van der Waals surface area contributed by atoms with Gasteiger partial charge in [0, 0.05) is 0 Å². The highest BCUT2D eigenvalue weighted by atomic mass is 16.5. The minimum Gasteiger partial charge on any atom is -0.460 e. The Hall–Kier alpha value is -1.84. The molecule has 4 nitrogen and oxygen atoms in total. The molecule has 1 rings (SSSR count). The number of carbonyl (C=O) groups is 2. The van der Waals surface area contributed by atoms with Crippen LogP contribution < -0.4 is 0 Å². The zero-order valence-corrected chi connectivity index (χ0v) is 8.65. The molecule has 4 heteroatoms. The summed E-state index contributed by atoms with van der Waals surface area (Å²) >= 11 is 0. The minimum absolute atomic E-state index is 0.141. The third-order valence-electron chi connectivity index (χ3n) is 1.66. The predicted octanol–water partition coefficient (Wildman–Crippen LogP) is 2.06. The first kappa shape index (κ1) is 11.2. The van der Waals surface area contributed by atoms with Gasteiger partial charge in [-0.05, 0) is 37.6 Å². The van der Waals surface area contributed by atoms with E-state index in [1.54, 1.807) is 26.0 Å². The van der Waals surface area contributed by atoms with Gasteiger partial charge in [-0.15, -0.1) is 0 Å². The fourth-order valence-electron chi connectivity index (χ4n) is 1.00. The van der Waals surface area contributed by atoms with Gasteiger partial charge < -0.3 is 9.15 Å². The number of ether oxygens (including phenoxy) is 1. The van der Waals surface area contributed by atoms with E-state index in [0.29, 0.717) is 24.2 Å². The van der Waals surface area contributed by atoms with E-state index in [0.717, 1.165) is 0 Å². The second-order valence-corrected chi connectivity index (χ2v) is 2.93. The lowest BCUT2D eigenvalue weighted by molar-refractivity contribution is -0.104. The van der Waals surface area contributed by atoms with E-state index >= 15 is 0 Å². The average Bonchev–Trinajstić information content (AvgIpc) is 2.66. The summed E-state index contributed by atoms with van der Waals surface area (Å²) in [6.45, 7) is 3.68. The molecule has 0 saturated heterocycles. The van der Waals surface area contributed by atoms with Crippen LogP contribution in [0.2, 0.25) is 0 Å². The second-order valence-electron chi connectivity index (χ2n) is 2.93. The van der Waals surface area contributed by atoms with Crippen molar-refractivity contribution >= 4 is 18.3 Å². The van der Waals surface area contributed by atoms with Crippen molar-refractivity contribution in [1.29, 1.82) is 0 Å². The lowest BCUT2D eigenvalue weighted by atomic mass is 10.3. The Kier molecular flexibility index (Phi) is 3.85. The molecule has 0 atom stereocenters. The molecule has 0 unspecified atom stereocenters. The van der Waals surface area contributed by atoms with Gasteiger partial charge in [0.2, 0.25) is 5.76 Å². The summed E-state index contributed by atoms with van der Waals surface area (Å²) in [5.74, 6) is 0.102. The first-order chi connectivity index (χ1) is 7.17. The standard InChI is InChI=1S/C11H12O4/c1-3-14-11(13)10-5-4-9(15-10)6-8(2)7-12/h4-7H,3H2,1-2H3/b8-6+. The van der Waals surface area contributed by atoms with Crippen molar-refractivity contribution in [2.45, 2.75) is 13.8 Å². The summed E-state index contributed by atoms with van der Waals surface area (Å²) in [5, 5.41) is 0. The average molecular weight is 208 g/mol. The second kappa shape index (κ2) is 5.14. The highest BCUT2D eigenvalue weighted by molar-refractivity contribution is 5.87. The Morgan fingerprint density at radius 2 is 2.27 bits per heavy atom. The minimum atomic E-state index is -0.499. The molecule has 0 aliphatic rings. The van der Waals surface area contributed by atoms with Crippen LogP contribution in [0.5, 0.6) is 0 Å². The van der Waals surface area contributed by atoms with Crippen molar-refractivity contribution in [3.8, 4) is 0 Å². The fourth-order valence-corrected chi connectivity index (χ4v) is 1.00. The van der Waals surface area contributed by atoms with Crippen molar-refractivity contribution in [3.05, 3.63) is 29.2 Å². The maximum atomic E-state index is 11.2. The number of hydrogen-bond donors (Lipinski definition) is 0. The van der Waals surface area contributed by atoms with Crippen molar-refractivity contribution in [3.63, 3.8) is 0 Å². The molecule has 1 aromatic rings. The van der Waals surface area contributed by atoms with Crippen LogP contribution in [0.4, 0.5) is 0 Å². The summed E-state index contributed by atoms with van der Waals surface area (Å²) in [6.07, 6.45) is 2.27. The molecule has 0 bridgehead atoms. The molecule has 1 aromatic heterocycles. The molecule has 0 N–H and O–H groups in total. The molecule has 1 heterocycles. The van der Waals surface area contributed by atoms with Crippen molar-refractivity contribution in [2.75, 3.05) is 6.61 Å². The summed E-state index contributed by atoms with van der Waals surface area (Å²) in [7, 11) is 0. The van der Waals surface area contributed by atoms with Crippen LogP contribution in [-0.4, -0.2) is 18.9 Å². The van der Waals surface area contributed by atoms with E-state index in [4.69, 9.17) is 9.15 Å². The van der Waals surface area contributed by atoms with Crippen molar-refractivity contribution in [2.24, 2.45) is 0 Å². The molecule has 0 spiro atoms. The SMILES string of the molecule is CCOC(=O)c1ccc(/C=C(\C)C=O)o1. The molecule has 0 saturated carbocycles. The van der Waals surface area contributed by atoms with E-state index in [1.165, 1.54) is 6.07 Å². The molecule has 0 aromatic carbocycles. The molecule has 0 aliphatic carbocycles. The molecular formula is C11H12O4. The van der Waals surface area contributed by atoms with Crippen LogP contribution in [0.15, 0.2) is 22.1 Å². The molecule has 0 fully saturated rings. The van der Waals surface area contributed by atoms with Crippen LogP contribution in [0.1, 0.15) is 30.2 Å². The first-order valence-corrected chi connectivity index (χ1v) is 4.57. The smallest absolute Gasteiger partial charge is 0.374 e. The first-order valence-electron chi connectivity index (χ1n) is 4.57. The van der Waals surface area contributed by atoms with E-state index in [9.17, 15) is 9.59 Å². The maximum Gasteiger partial charge on any atom is 0.374 e. The number of aldehydes is 1. The number of allylic oxidation sites excluding steroid dienone is 1. The lowest BCUT2D eigenvalue weighted by Crippen LogP contribution is -2.02. The van der Waals surface area contributed by atoms with Crippen LogP contribution in [0, 0.1) is 0 Å². The number of furan rings is 1. The van der Waals surface area contributed by atoms with E-state index in [1.807, 2.05) is 0 Å². The Morgan fingerprint density at radius 1 is 1.53 bits per heavy atom. The monoisotopic (exact) mass is 208 g/mol. The Balaban J connectivity index is 2.80. The van der Waals surface area contributed by atoms with Gasteiger partial charge in [-0.2, -0.15) is 0 Å². The molecule has 15 heavy (non-hydrogen) atoms. The Labute approximate surface area is 87.5 Å². The highest BCUT2D eigenvalue weighted by Crippen LogP contribution is 2.12. The number of hydrogen-bond acceptors (Lipinski definition) is 4. The van der Waals surface area contributed by atoms with Crippen molar-refractivity contribution in [1.82, 2.24) is 0 Å². The summed E-state index contributed by atoms with van der Waals surface area (Å²) in [4.78, 5) is 21.6. The third-order valence-corrected chi connectivity index (χ3v) is 1.66. The van der Waals surface area contributed by atoms with Gasteiger partial charge in [0.1, 0.15) is 12.0 Å². The van der Waals surface area contributed by atoms with Gasteiger partial charge >= 0.3 is 5.97 Å². The molecule has 0 radical (unpaired) electrons. The van der Waals surface area contributed by atoms with Gasteiger partial charge in [0.05, 0.1) is 6.61 Å². The number of carbonyl (C=O) groups excluding carboxylic acids is 2. The van der Waals surface area contributed by atoms with Gasteiger partial charge in [0.15, 0.2) is 0 Å². The topological polar surface area (TPSA) is 56.5 Å². The number of rotatable bonds is 4. The molecular weight excluding hydrogens is 196 g/mol. The maximum absolute atomic E-state index is 11.2. The summed E-state index contributed by atoms with van der Waals surface area (Å²) < 4.78 is 9.91. The zero-order valence-electron chi connectivity index (χ0n) is 8.65. The Morgan fingerprint density at radius 3 is 2.87 bits per heavy atom. The van der Waals surface area contributed by atoms with E-state index in [-0.39, 0.29) is 5.76 Å². The molecule has 80 valence electrons. The molecule has 0 amide bonds. The van der Waals surface area contributed by atoms with Gasteiger partial charge in [0.25, 0.3) is 0 Å². The van der Waals surface area contributed by atoms with Crippen LogP contribution in [0.25, 0.3) is 6.08 Å². The highest BCUT2D eigenvalue weighted by Gasteiger charge is 2.10. The molecule has 0 aliphatic heterocycles. The Bertz CT molecular complexity index is 387. The van der Waals surface area contributed by atoms with Crippen LogP contribution in [-0.2, 0) is 9.53 Å². The lowest BCUT2D eigenvalue weighted by Gasteiger charge is -1.96. The predicted molar refractivity (Wildman–Crippen MR) is 54.4 cm³/mol. The van der Waals surface area contributed by atoms with Gasteiger partial charge in [-0.3, -0.25) is 4.79 Å². The normalized spacial score (nSPS) is 11.2. The van der Waals surface area contributed by atoms with Gasteiger partial charge in [-0.1, -0.05) is 0 Å². The van der Waals surface area contributed by atoms with Crippen molar-refractivity contribution < 1.29 is 18.7 Å². The largest absolute Gasteiger partial charge is 0.460 e. The summed E-state index contributed by atoms with van der Waals surface area (Å²) in [5.41, 5.74) is 0.528.